The predicted molar refractivity (Wildman–Crippen MR) is 78.2 cm³/mol. The summed E-state index contributed by atoms with van der Waals surface area (Å²) in [5, 5.41) is 1.17. The van der Waals surface area contributed by atoms with Gasteiger partial charge in [-0.1, -0.05) is 63.4 Å². The first-order chi connectivity index (χ1) is 8.59. The van der Waals surface area contributed by atoms with E-state index < -0.39 is 0 Å². The second kappa shape index (κ2) is 6.05. The summed E-state index contributed by atoms with van der Waals surface area (Å²) in [6, 6.07) is 12.0. The van der Waals surface area contributed by atoms with Crippen molar-refractivity contribution in [1.29, 1.82) is 0 Å². The van der Waals surface area contributed by atoms with Gasteiger partial charge in [-0.15, -0.1) is 0 Å². The van der Waals surface area contributed by atoms with Gasteiger partial charge in [0.05, 0.1) is 0 Å². The van der Waals surface area contributed by atoms with Crippen LogP contribution in [0.2, 0.25) is 10.0 Å². The first kappa shape index (κ1) is 13.9. The third-order valence-corrected chi connectivity index (χ3v) is 4.11. The molecule has 0 saturated carbocycles. The lowest BCUT2D eigenvalue weighted by atomic mass is 10.0. The Morgan fingerprint density at radius 2 is 1.61 bits per heavy atom. The van der Waals surface area contributed by atoms with Crippen LogP contribution in [-0.2, 0) is 6.42 Å². The maximum atomic E-state index is 13.6. The molecule has 0 spiro atoms. The van der Waals surface area contributed by atoms with E-state index in [0.717, 1.165) is 5.56 Å². The average Bonchev–Trinajstić information content (AvgIpc) is 2.32. The van der Waals surface area contributed by atoms with E-state index in [2.05, 4.69) is 15.9 Å². The molecule has 0 heterocycles. The SMILES string of the molecule is Fc1ccccc1CC(Br)c1c(Cl)cccc1Cl. The smallest absolute Gasteiger partial charge is 0.126 e. The van der Waals surface area contributed by atoms with Gasteiger partial charge in [0.1, 0.15) is 5.82 Å². The lowest BCUT2D eigenvalue weighted by Crippen LogP contribution is -1.99. The molecule has 0 bridgehead atoms. The summed E-state index contributed by atoms with van der Waals surface area (Å²) in [6.07, 6.45) is 0.496. The molecular weight excluding hydrogens is 338 g/mol. The minimum Gasteiger partial charge on any atom is -0.207 e. The molecule has 1 atom stereocenters. The van der Waals surface area contributed by atoms with Crippen LogP contribution in [-0.4, -0.2) is 0 Å². The highest BCUT2D eigenvalue weighted by Crippen LogP contribution is 2.37. The zero-order valence-electron chi connectivity index (χ0n) is 9.34. The van der Waals surface area contributed by atoms with Gasteiger partial charge >= 0.3 is 0 Å². The number of rotatable bonds is 3. The lowest BCUT2D eigenvalue weighted by molar-refractivity contribution is 0.608. The first-order valence-electron chi connectivity index (χ1n) is 5.41. The van der Waals surface area contributed by atoms with Crippen LogP contribution in [0.4, 0.5) is 4.39 Å². The van der Waals surface area contributed by atoms with Crippen LogP contribution < -0.4 is 0 Å². The van der Waals surface area contributed by atoms with E-state index in [9.17, 15) is 4.39 Å². The molecule has 0 aliphatic heterocycles. The van der Waals surface area contributed by atoms with Gasteiger partial charge in [-0.3, -0.25) is 0 Å². The fourth-order valence-electron chi connectivity index (χ4n) is 1.77. The average molecular weight is 348 g/mol. The molecule has 0 saturated heterocycles. The van der Waals surface area contributed by atoms with Crippen LogP contribution in [0.3, 0.4) is 0 Å². The van der Waals surface area contributed by atoms with Crippen molar-refractivity contribution in [3.8, 4) is 0 Å². The van der Waals surface area contributed by atoms with Crippen molar-refractivity contribution in [2.24, 2.45) is 0 Å². The Bertz CT molecular complexity index is 537. The van der Waals surface area contributed by atoms with Crippen molar-refractivity contribution in [3.63, 3.8) is 0 Å². The molecule has 2 aromatic rings. The van der Waals surface area contributed by atoms with Gasteiger partial charge in [0.25, 0.3) is 0 Å². The summed E-state index contributed by atoms with van der Waals surface area (Å²) in [6.45, 7) is 0. The number of hydrogen-bond acceptors (Lipinski definition) is 0. The molecule has 0 nitrogen and oxygen atoms in total. The van der Waals surface area contributed by atoms with Crippen LogP contribution in [0.1, 0.15) is 16.0 Å². The second-order valence-corrected chi connectivity index (χ2v) is 5.82. The van der Waals surface area contributed by atoms with Crippen molar-refractivity contribution in [1.82, 2.24) is 0 Å². The van der Waals surface area contributed by atoms with E-state index in [-0.39, 0.29) is 10.6 Å². The minimum absolute atomic E-state index is 0.115. The lowest BCUT2D eigenvalue weighted by Gasteiger charge is -2.14. The van der Waals surface area contributed by atoms with E-state index in [1.54, 1.807) is 30.3 Å². The standard InChI is InChI=1S/C14H10BrCl2F/c15-10(8-9-4-1-2-7-13(9)18)14-11(16)5-3-6-12(14)17/h1-7,10H,8H2. The summed E-state index contributed by atoms with van der Waals surface area (Å²) in [5.41, 5.74) is 1.43. The second-order valence-electron chi connectivity index (χ2n) is 3.90. The Morgan fingerprint density at radius 1 is 1.00 bits per heavy atom. The summed E-state index contributed by atoms with van der Waals surface area (Å²) in [7, 11) is 0. The van der Waals surface area contributed by atoms with Crippen LogP contribution in [0.5, 0.6) is 0 Å². The molecule has 4 heteroatoms. The number of benzene rings is 2. The zero-order chi connectivity index (χ0) is 13.1. The molecule has 18 heavy (non-hydrogen) atoms. The Hall–Kier alpha value is -0.570. The molecule has 0 N–H and O–H groups in total. The van der Waals surface area contributed by atoms with Crippen molar-refractivity contribution in [2.45, 2.75) is 11.2 Å². The third kappa shape index (κ3) is 3.05. The fourth-order valence-corrected chi connectivity index (χ4v) is 3.54. The quantitative estimate of drug-likeness (QED) is 0.614. The van der Waals surface area contributed by atoms with E-state index >= 15 is 0 Å². The summed E-state index contributed by atoms with van der Waals surface area (Å²) in [5.74, 6) is -0.217. The Labute approximate surface area is 124 Å². The molecular formula is C14H10BrCl2F. The minimum atomic E-state index is -0.217. The van der Waals surface area contributed by atoms with Crippen molar-refractivity contribution in [3.05, 3.63) is 69.5 Å². The van der Waals surface area contributed by atoms with Gasteiger partial charge in [-0.25, -0.2) is 4.39 Å². The zero-order valence-corrected chi connectivity index (χ0v) is 12.4. The normalized spacial score (nSPS) is 12.4. The molecule has 94 valence electrons. The highest BCUT2D eigenvalue weighted by atomic mass is 79.9. The van der Waals surface area contributed by atoms with Gasteiger partial charge in [0.2, 0.25) is 0 Å². The number of halogens is 4. The highest BCUT2D eigenvalue weighted by molar-refractivity contribution is 9.09. The van der Waals surface area contributed by atoms with E-state index in [1.807, 2.05) is 6.07 Å². The maximum absolute atomic E-state index is 13.6. The van der Waals surface area contributed by atoms with Crippen LogP contribution in [0, 0.1) is 5.82 Å². The first-order valence-corrected chi connectivity index (χ1v) is 7.08. The van der Waals surface area contributed by atoms with Gasteiger partial charge in [0, 0.05) is 20.4 Å². The Morgan fingerprint density at radius 3 is 2.22 bits per heavy atom. The van der Waals surface area contributed by atoms with Crippen molar-refractivity contribution >= 4 is 39.1 Å². The molecule has 1 unspecified atom stereocenters. The molecule has 0 aromatic heterocycles. The molecule has 0 aliphatic rings. The predicted octanol–water partition coefficient (Wildman–Crippen LogP) is 5.81. The third-order valence-electron chi connectivity index (χ3n) is 2.67. The van der Waals surface area contributed by atoms with E-state index in [0.29, 0.717) is 22.0 Å². The largest absolute Gasteiger partial charge is 0.207 e. The molecule has 0 amide bonds. The van der Waals surface area contributed by atoms with Crippen LogP contribution in [0.25, 0.3) is 0 Å². The Kier molecular flexibility index (Phi) is 4.66. The summed E-state index contributed by atoms with van der Waals surface area (Å²) >= 11 is 15.8. The number of alkyl halides is 1. The topological polar surface area (TPSA) is 0 Å². The monoisotopic (exact) mass is 346 g/mol. The Balaban J connectivity index is 2.28. The van der Waals surface area contributed by atoms with E-state index in [1.165, 1.54) is 6.07 Å². The number of hydrogen-bond donors (Lipinski definition) is 0. The molecule has 0 fully saturated rings. The molecule has 0 aliphatic carbocycles. The molecule has 2 aromatic carbocycles. The van der Waals surface area contributed by atoms with Gasteiger partial charge in [-0.05, 0) is 30.2 Å². The highest BCUT2D eigenvalue weighted by Gasteiger charge is 2.17. The molecule has 0 radical (unpaired) electrons. The van der Waals surface area contributed by atoms with Gasteiger partial charge in [-0.2, -0.15) is 0 Å². The van der Waals surface area contributed by atoms with Gasteiger partial charge in [0.15, 0.2) is 0 Å². The van der Waals surface area contributed by atoms with Crippen molar-refractivity contribution in [2.75, 3.05) is 0 Å². The van der Waals surface area contributed by atoms with Crippen LogP contribution in [0.15, 0.2) is 42.5 Å². The van der Waals surface area contributed by atoms with Gasteiger partial charge < -0.3 is 0 Å². The molecule has 2 rings (SSSR count). The van der Waals surface area contributed by atoms with Crippen molar-refractivity contribution < 1.29 is 4.39 Å². The summed E-state index contributed by atoms with van der Waals surface area (Å²) in [4.78, 5) is -0.115. The fraction of sp³-hybridized carbons (Fsp3) is 0.143. The maximum Gasteiger partial charge on any atom is 0.126 e. The van der Waals surface area contributed by atoms with Crippen LogP contribution >= 0.6 is 39.1 Å². The summed E-state index contributed by atoms with van der Waals surface area (Å²) < 4.78 is 13.6. The van der Waals surface area contributed by atoms with E-state index in [4.69, 9.17) is 23.2 Å².